The number of fused-ring (bicyclic) bond motifs is 1. The fraction of sp³-hybridized carbons (Fsp3) is 0.333. The van der Waals surface area contributed by atoms with Crippen LogP contribution in [0.1, 0.15) is 27.9 Å². The van der Waals surface area contributed by atoms with Gasteiger partial charge in [-0.1, -0.05) is 56.1 Å². The zero-order valence-electron chi connectivity index (χ0n) is 12.0. The molecule has 1 aliphatic rings. The van der Waals surface area contributed by atoms with Crippen LogP contribution in [0.5, 0.6) is 5.75 Å². The summed E-state index contributed by atoms with van der Waals surface area (Å²) in [7, 11) is 1.74. The predicted molar refractivity (Wildman–Crippen MR) is 94.3 cm³/mol. The molecule has 1 aliphatic carbocycles. The third-order valence-corrected chi connectivity index (χ3v) is 6.02. The molecule has 0 fully saturated rings. The number of alkyl halides is 1. The number of rotatable bonds is 3. The van der Waals surface area contributed by atoms with E-state index in [4.69, 9.17) is 4.74 Å². The van der Waals surface area contributed by atoms with Gasteiger partial charge in [-0.15, -0.1) is 0 Å². The third-order valence-electron chi connectivity index (χ3n) is 4.29. The standard InChI is InChI=1S/C18H18Br2O/c1-21-17-9-8-15(19)11-16(17)18(20)14-7-6-12-4-2-3-5-13(12)10-14/h2-5,8-9,11,14,18H,6-7,10H2,1H3. The minimum Gasteiger partial charge on any atom is -0.496 e. The van der Waals surface area contributed by atoms with Gasteiger partial charge in [0.1, 0.15) is 5.75 Å². The maximum atomic E-state index is 5.53. The van der Waals surface area contributed by atoms with Gasteiger partial charge in [-0.3, -0.25) is 0 Å². The second-order valence-electron chi connectivity index (χ2n) is 5.56. The van der Waals surface area contributed by atoms with Crippen molar-refractivity contribution >= 4 is 31.9 Å². The first-order chi connectivity index (χ1) is 10.2. The van der Waals surface area contributed by atoms with Gasteiger partial charge in [0.15, 0.2) is 0 Å². The Morgan fingerprint density at radius 3 is 2.67 bits per heavy atom. The number of ether oxygens (including phenoxy) is 1. The monoisotopic (exact) mass is 408 g/mol. The van der Waals surface area contributed by atoms with Crippen LogP contribution < -0.4 is 4.74 Å². The molecule has 0 bridgehead atoms. The van der Waals surface area contributed by atoms with E-state index in [0.29, 0.717) is 10.7 Å². The highest BCUT2D eigenvalue weighted by Crippen LogP contribution is 2.43. The Labute approximate surface area is 143 Å². The normalized spacial score (nSPS) is 18.9. The number of halogens is 2. The summed E-state index contributed by atoms with van der Waals surface area (Å²) in [4.78, 5) is 0.318. The lowest BCUT2D eigenvalue weighted by molar-refractivity contribution is 0.396. The maximum absolute atomic E-state index is 5.53. The molecule has 0 radical (unpaired) electrons. The van der Waals surface area contributed by atoms with E-state index in [-0.39, 0.29) is 0 Å². The zero-order chi connectivity index (χ0) is 14.8. The second-order valence-corrected chi connectivity index (χ2v) is 7.46. The van der Waals surface area contributed by atoms with Gasteiger partial charge in [-0.2, -0.15) is 0 Å². The van der Waals surface area contributed by atoms with Gasteiger partial charge in [-0.05, 0) is 54.5 Å². The van der Waals surface area contributed by atoms with Gasteiger partial charge in [0.25, 0.3) is 0 Å². The Hall–Kier alpha value is -0.800. The average Bonchev–Trinajstić information content (AvgIpc) is 2.53. The fourth-order valence-electron chi connectivity index (χ4n) is 3.15. The van der Waals surface area contributed by atoms with Crippen LogP contribution in [0.15, 0.2) is 46.9 Å². The summed E-state index contributed by atoms with van der Waals surface area (Å²) in [6, 6.07) is 15.0. The number of aryl methyl sites for hydroxylation is 1. The lowest BCUT2D eigenvalue weighted by Crippen LogP contribution is -2.18. The van der Waals surface area contributed by atoms with Crippen molar-refractivity contribution in [3.8, 4) is 5.75 Å². The van der Waals surface area contributed by atoms with Crippen molar-refractivity contribution in [1.82, 2.24) is 0 Å². The molecular weight excluding hydrogens is 392 g/mol. The molecule has 2 atom stereocenters. The molecular formula is C18H18Br2O. The quantitative estimate of drug-likeness (QED) is 0.591. The summed E-state index contributed by atoms with van der Waals surface area (Å²) in [5, 5.41) is 0. The maximum Gasteiger partial charge on any atom is 0.123 e. The van der Waals surface area contributed by atoms with E-state index in [1.54, 1.807) is 7.11 Å². The van der Waals surface area contributed by atoms with Crippen molar-refractivity contribution in [3.05, 3.63) is 63.6 Å². The van der Waals surface area contributed by atoms with Gasteiger partial charge in [0.05, 0.1) is 7.11 Å². The Morgan fingerprint density at radius 1 is 1.14 bits per heavy atom. The van der Waals surface area contributed by atoms with Gasteiger partial charge in [0.2, 0.25) is 0 Å². The molecule has 0 aliphatic heterocycles. The zero-order valence-corrected chi connectivity index (χ0v) is 15.2. The molecule has 0 amide bonds. The highest BCUT2D eigenvalue weighted by Gasteiger charge is 2.27. The summed E-state index contributed by atoms with van der Waals surface area (Å²) in [6.07, 6.45) is 3.50. The Kier molecular flexibility index (Phi) is 4.70. The molecule has 3 heteroatoms. The van der Waals surface area contributed by atoms with Crippen LogP contribution in [0.4, 0.5) is 0 Å². The molecule has 0 saturated carbocycles. The van der Waals surface area contributed by atoms with Crippen molar-refractivity contribution in [3.63, 3.8) is 0 Å². The summed E-state index contributed by atoms with van der Waals surface area (Å²) in [5.41, 5.74) is 4.23. The van der Waals surface area contributed by atoms with Crippen molar-refractivity contribution in [2.75, 3.05) is 7.11 Å². The number of benzene rings is 2. The summed E-state index contributed by atoms with van der Waals surface area (Å²) in [6.45, 7) is 0. The fourth-order valence-corrected chi connectivity index (χ4v) is 4.34. The molecule has 0 N–H and O–H groups in total. The average molecular weight is 410 g/mol. The summed E-state index contributed by atoms with van der Waals surface area (Å²) < 4.78 is 6.63. The van der Waals surface area contributed by atoms with Crippen molar-refractivity contribution in [2.24, 2.45) is 5.92 Å². The minimum atomic E-state index is 0.318. The largest absolute Gasteiger partial charge is 0.496 e. The van der Waals surface area contributed by atoms with Crippen LogP contribution in [0.25, 0.3) is 0 Å². The number of hydrogen-bond acceptors (Lipinski definition) is 1. The summed E-state index contributed by atoms with van der Waals surface area (Å²) in [5.74, 6) is 1.56. The van der Waals surface area contributed by atoms with E-state index >= 15 is 0 Å². The first kappa shape index (κ1) is 15.1. The molecule has 2 unspecified atom stereocenters. The van der Waals surface area contributed by atoms with Crippen molar-refractivity contribution in [2.45, 2.75) is 24.1 Å². The Morgan fingerprint density at radius 2 is 1.90 bits per heavy atom. The van der Waals surface area contributed by atoms with E-state index < -0.39 is 0 Å². The van der Waals surface area contributed by atoms with E-state index in [0.717, 1.165) is 16.6 Å². The molecule has 2 aromatic rings. The van der Waals surface area contributed by atoms with Crippen LogP contribution in [-0.2, 0) is 12.8 Å². The second kappa shape index (κ2) is 6.53. The van der Waals surface area contributed by atoms with E-state index in [9.17, 15) is 0 Å². The predicted octanol–water partition coefficient (Wildman–Crippen LogP) is 5.70. The van der Waals surface area contributed by atoms with Crippen LogP contribution >= 0.6 is 31.9 Å². The highest BCUT2D eigenvalue weighted by atomic mass is 79.9. The van der Waals surface area contributed by atoms with Crippen molar-refractivity contribution in [1.29, 1.82) is 0 Å². The third kappa shape index (κ3) is 3.19. The van der Waals surface area contributed by atoms with Gasteiger partial charge < -0.3 is 4.74 Å². The molecule has 0 saturated heterocycles. The van der Waals surface area contributed by atoms with Crippen LogP contribution in [0, 0.1) is 5.92 Å². The summed E-state index contributed by atoms with van der Waals surface area (Å²) >= 11 is 7.49. The van der Waals surface area contributed by atoms with E-state index in [1.807, 2.05) is 12.1 Å². The van der Waals surface area contributed by atoms with E-state index in [2.05, 4.69) is 62.2 Å². The molecule has 21 heavy (non-hydrogen) atoms. The topological polar surface area (TPSA) is 9.23 Å². The number of hydrogen-bond donors (Lipinski definition) is 0. The smallest absolute Gasteiger partial charge is 0.123 e. The van der Waals surface area contributed by atoms with Gasteiger partial charge >= 0.3 is 0 Å². The van der Waals surface area contributed by atoms with Crippen LogP contribution in [-0.4, -0.2) is 7.11 Å². The lowest BCUT2D eigenvalue weighted by atomic mass is 9.80. The molecule has 0 spiro atoms. The minimum absolute atomic E-state index is 0.318. The van der Waals surface area contributed by atoms with E-state index in [1.165, 1.54) is 29.5 Å². The van der Waals surface area contributed by atoms with Crippen molar-refractivity contribution < 1.29 is 4.74 Å². The molecule has 110 valence electrons. The van der Waals surface area contributed by atoms with Gasteiger partial charge in [-0.25, -0.2) is 0 Å². The van der Waals surface area contributed by atoms with Gasteiger partial charge in [0, 0.05) is 14.9 Å². The first-order valence-corrected chi connectivity index (χ1v) is 8.94. The molecule has 0 heterocycles. The number of methoxy groups -OCH3 is 1. The first-order valence-electron chi connectivity index (χ1n) is 7.23. The molecule has 0 aromatic heterocycles. The van der Waals surface area contributed by atoms with Crippen LogP contribution in [0.3, 0.4) is 0 Å². The molecule has 3 rings (SSSR count). The lowest BCUT2D eigenvalue weighted by Gasteiger charge is -2.29. The highest BCUT2D eigenvalue weighted by molar-refractivity contribution is 9.10. The SMILES string of the molecule is COc1ccc(Br)cc1C(Br)C1CCc2ccccc2C1. The van der Waals surface area contributed by atoms with Crippen LogP contribution in [0.2, 0.25) is 0 Å². The molecule has 1 nitrogen and oxygen atoms in total. The Bertz CT molecular complexity index is 639. The molecule has 2 aromatic carbocycles. The Balaban J connectivity index is 1.87.